The molecule has 0 atom stereocenters. The molecule has 2 rings (SSSR count). The number of H-pyrrole nitrogens is 1. The molecular weight excluding hydrogens is 198 g/mol. The van der Waals surface area contributed by atoms with E-state index in [1.165, 1.54) is 5.56 Å². The Morgan fingerprint density at radius 1 is 1.25 bits per heavy atom. The maximum atomic E-state index is 4.16. The summed E-state index contributed by atoms with van der Waals surface area (Å²) in [4.78, 5) is 7.36. The Labute approximate surface area is 95.9 Å². The van der Waals surface area contributed by atoms with Crippen LogP contribution in [0.2, 0.25) is 0 Å². The second kappa shape index (κ2) is 5.47. The first-order valence-corrected chi connectivity index (χ1v) is 5.60. The van der Waals surface area contributed by atoms with Gasteiger partial charge < -0.3 is 10.3 Å². The van der Waals surface area contributed by atoms with Gasteiger partial charge in [-0.3, -0.25) is 0 Å². The summed E-state index contributed by atoms with van der Waals surface area (Å²) in [5, 5.41) is 3.39. The zero-order chi connectivity index (χ0) is 11.2. The Hall–Kier alpha value is -1.61. The number of benzene rings is 1. The van der Waals surface area contributed by atoms with Gasteiger partial charge in [0.05, 0.1) is 0 Å². The lowest BCUT2D eigenvalue weighted by Gasteiger charge is -2.03. The fourth-order valence-electron chi connectivity index (χ4n) is 1.66. The number of imidazole rings is 1. The van der Waals surface area contributed by atoms with Crippen molar-refractivity contribution < 1.29 is 0 Å². The molecule has 0 saturated heterocycles. The summed E-state index contributed by atoms with van der Waals surface area (Å²) < 4.78 is 0. The summed E-state index contributed by atoms with van der Waals surface area (Å²) in [6, 6.07) is 10.5. The molecule has 0 unspecified atom stereocenters. The van der Waals surface area contributed by atoms with E-state index in [1.54, 1.807) is 0 Å². The maximum absolute atomic E-state index is 4.16. The van der Waals surface area contributed by atoms with E-state index in [0.717, 1.165) is 31.0 Å². The number of hydrogen-bond donors (Lipinski definition) is 2. The monoisotopic (exact) mass is 215 g/mol. The SMILES string of the molecule is Cc1ncc(CNCCc2ccccc2)[nH]1. The highest BCUT2D eigenvalue weighted by molar-refractivity contribution is 5.14. The second-order valence-corrected chi connectivity index (χ2v) is 3.91. The summed E-state index contributed by atoms with van der Waals surface area (Å²) in [6.07, 6.45) is 2.94. The maximum Gasteiger partial charge on any atom is 0.103 e. The van der Waals surface area contributed by atoms with Gasteiger partial charge in [0.1, 0.15) is 5.82 Å². The minimum absolute atomic E-state index is 0.855. The molecular formula is C13H17N3. The lowest BCUT2D eigenvalue weighted by Crippen LogP contribution is -2.16. The lowest BCUT2D eigenvalue weighted by atomic mass is 10.1. The number of nitrogens with one attached hydrogen (secondary N) is 2. The molecule has 0 aliphatic rings. The van der Waals surface area contributed by atoms with E-state index in [0.29, 0.717) is 0 Å². The first-order valence-electron chi connectivity index (χ1n) is 5.60. The minimum atomic E-state index is 0.855. The van der Waals surface area contributed by atoms with E-state index in [-0.39, 0.29) is 0 Å². The Balaban J connectivity index is 1.69. The van der Waals surface area contributed by atoms with Crippen LogP contribution in [0.3, 0.4) is 0 Å². The predicted molar refractivity (Wildman–Crippen MR) is 65.2 cm³/mol. The van der Waals surface area contributed by atoms with Gasteiger partial charge in [-0.05, 0) is 25.5 Å². The van der Waals surface area contributed by atoms with Gasteiger partial charge in [-0.15, -0.1) is 0 Å². The number of aryl methyl sites for hydroxylation is 1. The number of hydrogen-bond acceptors (Lipinski definition) is 2. The van der Waals surface area contributed by atoms with Crippen LogP contribution in [0.5, 0.6) is 0 Å². The normalized spacial score (nSPS) is 10.6. The van der Waals surface area contributed by atoms with Crippen molar-refractivity contribution in [3.05, 3.63) is 53.6 Å². The zero-order valence-electron chi connectivity index (χ0n) is 9.53. The third-order valence-corrected chi connectivity index (χ3v) is 2.50. The van der Waals surface area contributed by atoms with Crippen LogP contribution < -0.4 is 5.32 Å². The Morgan fingerprint density at radius 2 is 2.06 bits per heavy atom. The van der Waals surface area contributed by atoms with Gasteiger partial charge in [0.25, 0.3) is 0 Å². The topological polar surface area (TPSA) is 40.7 Å². The van der Waals surface area contributed by atoms with Gasteiger partial charge in [0, 0.05) is 18.4 Å². The molecule has 0 radical (unpaired) electrons. The van der Waals surface area contributed by atoms with Gasteiger partial charge in [-0.2, -0.15) is 0 Å². The Kier molecular flexibility index (Phi) is 3.72. The molecule has 2 N–H and O–H groups in total. The molecule has 0 amide bonds. The van der Waals surface area contributed by atoms with E-state index in [2.05, 4.69) is 39.6 Å². The van der Waals surface area contributed by atoms with Gasteiger partial charge >= 0.3 is 0 Å². The standard InChI is InChI=1S/C13H17N3/c1-11-15-10-13(16-11)9-14-8-7-12-5-3-2-4-6-12/h2-6,10,14H,7-9H2,1H3,(H,15,16). The third kappa shape index (κ3) is 3.21. The Morgan fingerprint density at radius 3 is 2.75 bits per heavy atom. The molecule has 2 aromatic rings. The highest BCUT2D eigenvalue weighted by atomic mass is 14.9. The average Bonchev–Trinajstić information content (AvgIpc) is 2.72. The average molecular weight is 215 g/mol. The van der Waals surface area contributed by atoms with E-state index in [4.69, 9.17) is 0 Å². The van der Waals surface area contributed by atoms with Crippen molar-refractivity contribution in [2.45, 2.75) is 19.9 Å². The van der Waals surface area contributed by atoms with Crippen LogP contribution in [0.15, 0.2) is 36.5 Å². The largest absolute Gasteiger partial charge is 0.345 e. The molecule has 3 heteroatoms. The van der Waals surface area contributed by atoms with Gasteiger partial charge in [0.2, 0.25) is 0 Å². The van der Waals surface area contributed by atoms with Crippen LogP contribution in [-0.2, 0) is 13.0 Å². The van der Waals surface area contributed by atoms with E-state index >= 15 is 0 Å². The lowest BCUT2D eigenvalue weighted by molar-refractivity contribution is 0.676. The predicted octanol–water partition coefficient (Wildman–Crippen LogP) is 2.05. The van der Waals surface area contributed by atoms with Crippen LogP contribution >= 0.6 is 0 Å². The van der Waals surface area contributed by atoms with Crippen LogP contribution in [0.25, 0.3) is 0 Å². The highest BCUT2D eigenvalue weighted by Gasteiger charge is 1.96. The first-order chi connectivity index (χ1) is 7.84. The fourth-order valence-corrected chi connectivity index (χ4v) is 1.66. The van der Waals surface area contributed by atoms with E-state index in [9.17, 15) is 0 Å². The molecule has 0 saturated carbocycles. The van der Waals surface area contributed by atoms with Gasteiger partial charge in [0.15, 0.2) is 0 Å². The van der Waals surface area contributed by atoms with Crippen molar-refractivity contribution in [3.63, 3.8) is 0 Å². The van der Waals surface area contributed by atoms with Gasteiger partial charge in [-0.1, -0.05) is 30.3 Å². The van der Waals surface area contributed by atoms with Crippen molar-refractivity contribution >= 4 is 0 Å². The highest BCUT2D eigenvalue weighted by Crippen LogP contribution is 1.99. The summed E-state index contributed by atoms with van der Waals surface area (Å²) in [5.74, 6) is 0.972. The molecule has 1 aromatic carbocycles. The van der Waals surface area contributed by atoms with Gasteiger partial charge in [-0.25, -0.2) is 4.98 Å². The van der Waals surface area contributed by atoms with E-state index in [1.807, 2.05) is 19.2 Å². The molecule has 0 aliphatic carbocycles. The van der Waals surface area contributed by atoms with Crippen molar-refractivity contribution in [2.75, 3.05) is 6.54 Å². The van der Waals surface area contributed by atoms with E-state index < -0.39 is 0 Å². The number of aromatic nitrogens is 2. The number of rotatable bonds is 5. The zero-order valence-corrected chi connectivity index (χ0v) is 9.53. The van der Waals surface area contributed by atoms with Crippen molar-refractivity contribution in [1.82, 2.24) is 15.3 Å². The summed E-state index contributed by atoms with van der Waals surface area (Å²) in [6.45, 7) is 3.81. The van der Waals surface area contributed by atoms with Crippen molar-refractivity contribution in [3.8, 4) is 0 Å². The van der Waals surface area contributed by atoms with Crippen LogP contribution in [0, 0.1) is 6.92 Å². The minimum Gasteiger partial charge on any atom is -0.345 e. The molecule has 0 spiro atoms. The second-order valence-electron chi connectivity index (χ2n) is 3.91. The smallest absolute Gasteiger partial charge is 0.103 e. The summed E-state index contributed by atoms with van der Waals surface area (Å²) in [5.41, 5.74) is 2.52. The molecule has 0 bridgehead atoms. The molecule has 1 aromatic heterocycles. The summed E-state index contributed by atoms with van der Waals surface area (Å²) >= 11 is 0. The molecule has 1 heterocycles. The van der Waals surface area contributed by atoms with Crippen molar-refractivity contribution in [2.24, 2.45) is 0 Å². The number of aromatic amines is 1. The molecule has 84 valence electrons. The summed E-state index contributed by atoms with van der Waals surface area (Å²) in [7, 11) is 0. The first kappa shape index (κ1) is 10.9. The molecule has 3 nitrogen and oxygen atoms in total. The number of nitrogens with zero attached hydrogens (tertiary/aromatic N) is 1. The Bertz CT molecular complexity index is 420. The molecule has 0 fully saturated rings. The molecule has 0 aliphatic heterocycles. The van der Waals surface area contributed by atoms with Crippen LogP contribution in [-0.4, -0.2) is 16.5 Å². The third-order valence-electron chi connectivity index (χ3n) is 2.50. The van der Waals surface area contributed by atoms with Crippen molar-refractivity contribution in [1.29, 1.82) is 0 Å². The van der Waals surface area contributed by atoms with Crippen LogP contribution in [0.4, 0.5) is 0 Å². The quantitative estimate of drug-likeness (QED) is 0.749. The van der Waals surface area contributed by atoms with Crippen LogP contribution in [0.1, 0.15) is 17.1 Å². The fraction of sp³-hybridized carbons (Fsp3) is 0.308. The molecule has 16 heavy (non-hydrogen) atoms.